The van der Waals surface area contributed by atoms with Crippen LogP contribution in [0.3, 0.4) is 0 Å². The maximum Gasteiger partial charge on any atom is 0.405 e. The van der Waals surface area contributed by atoms with E-state index in [2.05, 4.69) is 0 Å². The van der Waals surface area contributed by atoms with Crippen LogP contribution in [0.4, 0.5) is 17.6 Å². The number of halogens is 5. The molecular formula is C10H8ClF4NO4S. The van der Waals surface area contributed by atoms with Crippen LogP contribution in [0.1, 0.15) is 6.42 Å². The Labute approximate surface area is 121 Å². The molecule has 0 aliphatic heterocycles. The van der Waals surface area contributed by atoms with E-state index in [1.165, 1.54) is 0 Å². The minimum absolute atomic E-state index is 0.598. The third-order valence-electron chi connectivity index (χ3n) is 2.28. The number of aliphatic carboxylic acids is 1. The summed E-state index contributed by atoms with van der Waals surface area (Å²) in [5, 5.41) is 7.79. The summed E-state index contributed by atoms with van der Waals surface area (Å²) in [5.74, 6) is -3.30. The van der Waals surface area contributed by atoms with Gasteiger partial charge in [-0.05, 0) is 12.1 Å². The molecule has 0 unspecified atom stereocenters. The van der Waals surface area contributed by atoms with Crippen LogP contribution in [0.15, 0.2) is 23.1 Å². The van der Waals surface area contributed by atoms with Crippen LogP contribution in [0.25, 0.3) is 0 Å². The molecule has 0 bridgehead atoms. The van der Waals surface area contributed by atoms with E-state index in [4.69, 9.17) is 16.7 Å². The molecule has 1 rings (SSSR count). The van der Waals surface area contributed by atoms with Crippen LogP contribution in [-0.4, -0.2) is 31.7 Å². The van der Waals surface area contributed by atoms with Gasteiger partial charge in [0.05, 0.1) is 11.4 Å². The normalized spacial score (nSPS) is 14.0. The number of nitrogens with one attached hydrogen (secondary N) is 1. The number of alkyl halides is 3. The van der Waals surface area contributed by atoms with Crippen molar-refractivity contribution in [2.45, 2.75) is 23.5 Å². The highest BCUT2D eigenvalue weighted by Crippen LogP contribution is 2.26. The molecule has 0 aliphatic carbocycles. The van der Waals surface area contributed by atoms with Crippen molar-refractivity contribution in [3.05, 3.63) is 29.0 Å². The van der Waals surface area contributed by atoms with E-state index in [1.54, 1.807) is 0 Å². The molecule has 5 nitrogen and oxygen atoms in total. The molecule has 0 radical (unpaired) electrons. The number of carboxylic acids is 1. The Bertz CT molecular complexity index is 647. The molecule has 21 heavy (non-hydrogen) atoms. The van der Waals surface area contributed by atoms with E-state index >= 15 is 0 Å². The van der Waals surface area contributed by atoms with Gasteiger partial charge in [0.15, 0.2) is 5.82 Å². The molecular weight excluding hydrogens is 342 g/mol. The third-order valence-corrected chi connectivity index (χ3v) is 4.06. The number of benzene rings is 1. The molecule has 0 aliphatic rings. The van der Waals surface area contributed by atoms with Crippen LogP contribution in [0.2, 0.25) is 5.02 Å². The van der Waals surface area contributed by atoms with Crippen LogP contribution in [0, 0.1) is 5.82 Å². The monoisotopic (exact) mass is 349 g/mol. The van der Waals surface area contributed by atoms with Crippen molar-refractivity contribution < 1.29 is 35.9 Å². The lowest BCUT2D eigenvalue weighted by molar-refractivity contribution is -0.163. The maximum absolute atomic E-state index is 13.6. The summed E-state index contributed by atoms with van der Waals surface area (Å²) in [5.41, 5.74) is 0. The molecule has 0 amide bonds. The first-order chi connectivity index (χ1) is 9.45. The number of hydrogen-bond donors (Lipinski definition) is 2. The van der Waals surface area contributed by atoms with Crippen molar-refractivity contribution in [3.8, 4) is 0 Å². The van der Waals surface area contributed by atoms with Gasteiger partial charge < -0.3 is 5.11 Å². The molecule has 0 heterocycles. The summed E-state index contributed by atoms with van der Waals surface area (Å²) in [6.07, 6.45) is -6.69. The minimum atomic E-state index is -5.15. The Balaban J connectivity index is 3.18. The average Bonchev–Trinajstić information content (AvgIpc) is 2.29. The standard InChI is InChI=1S/C10H8ClF4NO4S/c11-5-2-1-3-6(9(5)12)21(19,20)16-7(4-8(17)18)10(13,14)15/h1-3,7,16H,4H2,(H,17,18)/t7-/m1/s1. The van der Waals surface area contributed by atoms with Gasteiger partial charge in [0.1, 0.15) is 10.9 Å². The molecule has 2 N–H and O–H groups in total. The topological polar surface area (TPSA) is 83.5 Å². The zero-order valence-electron chi connectivity index (χ0n) is 9.99. The first-order valence-electron chi connectivity index (χ1n) is 5.20. The second-order valence-corrected chi connectivity index (χ2v) is 5.95. The molecule has 0 fully saturated rings. The first-order valence-corrected chi connectivity index (χ1v) is 7.06. The molecule has 1 atom stereocenters. The van der Waals surface area contributed by atoms with Crippen molar-refractivity contribution >= 4 is 27.6 Å². The zero-order chi connectivity index (χ0) is 16.4. The fourth-order valence-electron chi connectivity index (χ4n) is 1.34. The Morgan fingerprint density at radius 3 is 2.43 bits per heavy atom. The van der Waals surface area contributed by atoms with E-state index in [-0.39, 0.29) is 0 Å². The Hall–Kier alpha value is -1.39. The Kier molecular flexibility index (Phi) is 5.18. The molecule has 0 spiro atoms. The van der Waals surface area contributed by atoms with Crippen LogP contribution < -0.4 is 4.72 Å². The van der Waals surface area contributed by atoms with Gasteiger partial charge in [-0.3, -0.25) is 4.79 Å². The van der Waals surface area contributed by atoms with Crippen molar-refractivity contribution in [1.82, 2.24) is 4.72 Å². The van der Waals surface area contributed by atoms with Gasteiger partial charge in [-0.15, -0.1) is 0 Å². The number of carboxylic acid groups (broad SMARTS) is 1. The third kappa shape index (κ3) is 4.55. The largest absolute Gasteiger partial charge is 0.481 e. The molecule has 0 aromatic heterocycles. The fraction of sp³-hybridized carbons (Fsp3) is 0.300. The minimum Gasteiger partial charge on any atom is -0.481 e. The first kappa shape index (κ1) is 17.7. The van der Waals surface area contributed by atoms with Crippen LogP contribution >= 0.6 is 11.6 Å². The van der Waals surface area contributed by atoms with Gasteiger partial charge in [0.25, 0.3) is 0 Å². The summed E-state index contributed by atoms with van der Waals surface area (Å²) in [6.45, 7) is 0. The second-order valence-electron chi connectivity index (χ2n) is 3.87. The van der Waals surface area contributed by atoms with Gasteiger partial charge >= 0.3 is 12.1 Å². The number of carbonyl (C=O) groups is 1. The highest BCUT2D eigenvalue weighted by Gasteiger charge is 2.44. The molecule has 118 valence electrons. The SMILES string of the molecule is O=C(O)C[C@@H](NS(=O)(=O)c1cccc(Cl)c1F)C(F)(F)F. The number of hydrogen-bond acceptors (Lipinski definition) is 3. The van der Waals surface area contributed by atoms with Gasteiger partial charge in [-0.2, -0.15) is 17.9 Å². The maximum atomic E-state index is 13.6. The van der Waals surface area contributed by atoms with E-state index < -0.39 is 50.4 Å². The van der Waals surface area contributed by atoms with E-state index in [1.807, 2.05) is 0 Å². The number of sulfonamides is 1. The average molecular weight is 350 g/mol. The van der Waals surface area contributed by atoms with Crippen LogP contribution in [0.5, 0.6) is 0 Å². The molecule has 1 aromatic rings. The Morgan fingerprint density at radius 1 is 1.38 bits per heavy atom. The fourth-order valence-corrected chi connectivity index (χ4v) is 2.89. The lowest BCUT2D eigenvalue weighted by Crippen LogP contribution is -2.46. The Morgan fingerprint density at radius 2 is 1.95 bits per heavy atom. The van der Waals surface area contributed by atoms with Gasteiger partial charge in [-0.1, -0.05) is 17.7 Å². The highest BCUT2D eigenvalue weighted by molar-refractivity contribution is 7.89. The predicted molar refractivity (Wildman–Crippen MR) is 63.8 cm³/mol. The highest BCUT2D eigenvalue weighted by atomic mass is 35.5. The quantitative estimate of drug-likeness (QED) is 0.798. The van der Waals surface area contributed by atoms with E-state index in [0.717, 1.165) is 16.9 Å². The van der Waals surface area contributed by atoms with Gasteiger partial charge in [-0.25, -0.2) is 12.8 Å². The molecule has 1 aromatic carbocycles. The second kappa shape index (κ2) is 6.16. The summed E-state index contributed by atoms with van der Waals surface area (Å²) < 4.78 is 75.9. The predicted octanol–water partition coefficient (Wildman–Crippen LogP) is 2.16. The van der Waals surface area contributed by atoms with Gasteiger partial charge in [0.2, 0.25) is 10.0 Å². The summed E-state index contributed by atoms with van der Waals surface area (Å²) in [7, 11) is -4.93. The lowest BCUT2D eigenvalue weighted by atomic mass is 10.2. The summed E-state index contributed by atoms with van der Waals surface area (Å²) in [6, 6.07) is -0.148. The van der Waals surface area contributed by atoms with Gasteiger partial charge in [0, 0.05) is 0 Å². The molecule has 11 heteroatoms. The number of rotatable bonds is 5. The van der Waals surface area contributed by atoms with E-state index in [9.17, 15) is 30.8 Å². The molecule has 0 saturated carbocycles. The summed E-state index contributed by atoms with van der Waals surface area (Å²) >= 11 is 5.35. The zero-order valence-corrected chi connectivity index (χ0v) is 11.6. The van der Waals surface area contributed by atoms with Crippen LogP contribution in [-0.2, 0) is 14.8 Å². The lowest BCUT2D eigenvalue weighted by Gasteiger charge is -2.20. The smallest absolute Gasteiger partial charge is 0.405 e. The summed E-state index contributed by atoms with van der Waals surface area (Å²) in [4.78, 5) is 9.27. The van der Waals surface area contributed by atoms with Crippen molar-refractivity contribution in [1.29, 1.82) is 0 Å². The van der Waals surface area contributed by atoms with Crippen molar-refractivity contribution in [2.24, 2.45) is 0 Å². The van der Waals surface area contributed by atoms with Crippen molar-refractivity contribution in [2.75, 3.05) is 0 Å². The van der Waals surface area contributed by atoms with E-state index in [0.29, 0.717) is 6.07 Å². The van der Waals surface area contributed by atoms with Crippen molar-refractivity contribution in [3.63, 3.8) is 0 Å². The molecule has 0 saturated heterocycles.